The molecule has 1 fully saturated rings. The van der Waals surface area contributed by atoms with E-state index in [0.717, 1.165) is 40.6 Å². The van der Waals surface area contributed by atoms with Crippen LogP contribution in [0.1, 0.15) is 75.7 Å². The molecule has 0 saturated heterocycles. The maximum absolute atomic E-state index is 13.5. The van der Waals surface area contributed by atoms with Gasteiger partial charge in [0.15, 0.2) is 0 Å². The van der Waals surface area contributed by atoms with Gasteiger partial charge in [0.2, 0.25) is 0 Å². The molecule has 41 heavy (non-hydrogen) atoms. The SMILES string of the molecule is Cc1nn(Cc2ccc(-c3ccccc3C(=O)O)cc2)c2cc(C(=O)NC3(c4cccc(C(C)C)c4)CC3)ccc12. The Morgan fingerprint density at radius 1 is 0.951 bits per heavy atom. The predicted molar refractivity (Wildman–Crippen MR) is 161 cm³/mol. The van der Waals surface area contributed by atoms with Crippen LogP contribution in [0.5, 0.6) is 0 Å². The summed E-state index contributed by atoms with van der Waals surface area (Å²) in [5.41, 5.74) is 7.43. The minimum absolute atomic E-state index is 0.0776. The van der Waals surface area contributed by atoms with Crippen LogP contribution < -0.4 is 5.32 Å². The van der Waals surface area contributed by atoms with Gasteiger partial charge in [0, 0.05) is 10.9 Å². The maximum Gasteiger partial charge on any atom is 0.336 e. The highest BCUT2D eigenvalue weighted by molar-refractivity contribution is 5.99. The molecule has 1 amide bonds. The second kappa shape index (κ2) is 10.4. The number of carbonyl (C=O) groups is 2. The molecule has 206 valence electrons. The Kier molecular flexibility index (Phi) is 6.70. The normalized spacial score (nSPS) is 13.9. The first kappa shape index (κ1) is 26.5. The van der Waals surface area contributed by atoms with Crippen LogP contribution in [0.15, 0.2) is 91.0 Å². The molecule has 0 spiro atoms. The highest BCUT2D eigenvalue weighted by Gasteiger charge is 2.45. The van der Waals surface area contributed by atoms with Gasteiger partial charge in [-0.05, 0) is 71.7 Å². The third-order valence-corrected chi connectivity index (χ3v) is 8.16. The van der Waals surface area contributed by atoms with Gasteiger partial charge in [0.05, 0.1) is 28.9 Å². The zero-order valence-electron chi connectivity index (χ0n) is 23.5. The van der Waals surface area contributed by atoms with E-state index in [2.05, 4.69) is 43.4 Å². The molecule has 0 unspecified atom stereocenters. The Labute approximate surface area is 239 Å². The number of aromatic nitrogens is 2. The number of benzene rings is 4. The highest BCUT2D eigenvalue weighted by atomic mass is 16.4. The zero-order valence-corrected chi connectivity index (χ0v) is 23.5. The Morgan fingerprint density at radius 3 is 2.41 bits per heavy atom. The van der Waals surface area contributed by atoms with Gasteiger partial charge < -0.3 is 10.4 Å². The van der Waals surface area contributed by atoms with Gasteiger partial charge in [-0.2, -0.15) is 5.10 Å². The summed E-state index contributed by atoms with van der Waals surface area (Å²) in [5.74, 6) is -0.588. The van der Waals surface area contributed by atoms with E-state index in [9.17, 15) is 14.7 Å². The molecule has 1 aromatic heterocycles. The Morgan fingerprint density at radius 2 is 1.71 bits per heavy atom. The number of carboxylic acid groups (broad SMARTS) is 1. The summed E-state index contributed by atoms with van der Waals surface area (Å²) in [6.45, 7) is 6.88. The lowest BCUT2D eigenvalue weighted by atomic mass is 9.96. The van der Waals surface area contributed by atoms with E-state index in [4.69, 9.17) is 5.10 Å². The number of nitrogens with one attached hydrogen (secondary N) is 1. The molecule has 6 rings (SSSR count). The van der Waals surface area contributed by atoms with Crippen LogP contribution in [0.25, 0.3) is 22.0 Å². The van der Waals surface area contributed by atoms with Crippen molar-refractivity contribution in [1.29, 1.82) is 0 Å². The van der Waals surface area contributed by atoms with Gasteiger partial charge in [0.1, 0.15) is 0 Å². The van der Waals surface area contributed by atoms with Crippen LogP contribution in [0.2, 0.25) is 0 Å². The number of fused-ring (bicyclic) bond motifs is 1. The third kappa shape index (κ3) is 5.13. The lowest BCUT2D eigenvalue weighted by molar-refractivity contribution is 0.0697. The minimum Gasteiger partial charge on any atom is -0.478 e. The van der Waals surface area contributed by atoms with Gasteiger partial charge in [-0.1, -0.05) is 86.6 Å². The molecular formula is C35H33N3O3. The van der Waals surface area contributed by atoms with Crippen LogP contribution in [0.4, 0.5) is 0 Å². The van der Waals surface area contributed by atoms with E-state index in [1.807, 2.05) is 66.2 Å². The Hall–Kier alpha value is -4.71. The summed E-state index contributed by atoms with van der Waals surface area (Å²) in [6.07, 6.45) is 1.87. The number of amides is 1. The first-order valence-corrected chi connectivity index (χ1v) is 14.1. The topological polar surface area (TPSA) is 84.2 Å². The zero-order chi connectivity index (χ0) is 28.7. The lowest BCUT2D eigenvalue weighted by Gasteiger charge is -2.20. The number of hydrogen-bond acceptors (Lipinski definition) is 3. The molecule has 4 aromatic carbocycles. The maximum atomic E-state index is 13.5. The molecule has 1 aliphatic carbocycles. The summed E-state index contributed by atoms with van der Waals surface area (Å²) < 4.78 is 1.93. The molecule has 1 aliphatic rings. The molecule has 0 aliphatic heterocycles. The molecule has 6 nitrogen and oxygen atoms in total. The van der Waals surface area contributed by atoms with E-state index in [0.29, 0.717) is 23.6 Å². The molecule has 0 bridgehead atoms. The summed E-state index contributed by atoms with van der Waals surface area (Å²) in [7, 11) is 0. The van der Waals surface area contributed by atoms with E-state index < -0.39 is 5.97 Å². The second-order valence-electron chi connectivity index (χ2n) is 11.3. The quantitative estimate of drug-likeness (QED) is 0.215. The number of rotatable bonds is 8. The van der Waals surface area contributed by atoms with Crippen molar-refractivity contribution in [2.45, 2.75) is 51.6 Å². The number of aryl methyl sites for hydroxylation is 1. The molecule has 0 atom stereocenters. The number of carbonyl (C=O) groups excluding carboxylic acids is 1. The van der Waals surface area contributed by atoms with Crippen molar-refractivity contribution in [2.75, 3.05) is 0 Å². The van der Waals surface area contributed by atoms with Crippen LogP contribution in [0, 0.1) is 6.92 Å². The Bertz CT molecular complexity index is 1780. The van der Waals surface area contributed by atoms with E-state index in [1.54, 1.807) is 12.1 Å². The van der Waals surface area contributed by atoms with Crippen molar-refractivity contribution in [3.63, 3.8) is 0 Å². The number of hydrogen-bond donors (Lipinski definition) is 2. The van der Waals surface area contributed by atoms with Crippen molar-refractivity contribution < 1.29 is 14.7 Å². The van der Waals surface area contributed by atoms with E-state index >= 15 is 0 Å². The first-order chi connectivity index (χ1) is 19.7. The smallest absolute Gasteiger partial charge is 0.336 e. The number of nitrogens with zero attached hydrogens (tertiary/aromatic N) is 2. The largest absolute Gasteiger partial charge is 0.478 e. The van der Waals surface area contributed by atoms with Crippen LogP contribution in [-0.4, -0.2) is 26.8 Å². The van der Waals surface area contributed by atoms with E-state index in [-0.39, 0.29) is 17.0 Å². The van der Waals surface area contributed by atoms with Crippen LogP contribution in [0.3, 0.4) is 0 Å². The second-order valence-corrected chi connectivity index (χ2v) is 11.3. The van der Waals surface area contributed by atoms with Crippen molar-refractivity contribution in [1.82, 2.24) is 15.1 Å². The molecule has 2 N–H and O–H groups in total. The summed E-state index contributed by atoms with van der Waals surface area (Å²) in [4.78, 5) is 25.1. The molecular weight excluding hydrogens is 510 g/mol. The van der Waals surface area contributed by atoms with Crippen molar-refractivity contribution in [3.05, 3.63) is 125 Å². The van der Waals surface area contributed by atoms with Crippen molar-refractivity contribution in [3.8, 4) is 11.1 Å². The van der Waals surface area contributed by atoms with Crippen LogP contribution in [-0.2, 0) is 12.1 Å². The van der Waals surface area contributed by atoms with Crippen LogP contribution >= 0.6 is 0 Å². The Balaban J connectivity index is 1.24. The average Bonchev–Trinajstić information content (AvgIpc) is 3.70. The molecule has 5 aromatic rings. The third-order valence-electron chi connectivity index (χ3n) is 8.16. The standard InChI is InChI=1S/C35H33N3O3/c1-22(2)26-7-6-8-28(19-26)35(17-18-35)36-33(39)27-15-16-29-23(3)37-38(32(29)20-27)21-24-11-13-25(14-12-24)30-9-4-5-10-31(30)34(40)41/h4-16,19-20,22H,17-18,21H2,1-3H3,(H,36,39)(H,40,41). The van der Waals surface area contributed by atoms with Crippen molar-refractivity contribution >= 4 is 22.8 Å². The minimum atomic E-state index is -0.945. The fourth-order valence-electron chi connectivity index (χ4n) is 5.58. The highest BCUT2D eigenvalue weighted by Crippen LogP contribution is 2.46. The summed E-state index contributed by atoms with van der Waals surface area (Å²) >= 11 is 0. The molecule has 0 radical (unpaired) electrons. The van der Waals surface area contributed by atoms with Gasteiger partial charge in [-0.15, -0.1) is 0 Å². The van der Waals surface area contributed by atoms with Crippen molar-refractivity contribution in [2.24, 2.45) is 0 Å². The van der Waals surface area contributed by atoms with Gasteiger partial charge >= 0.3 is 5.97 Å². The molecule has 1 saturated carbocycles. The van der Waals surface area contributed by atoms with E-state index in [1.165, 1.54) is 11.1 Å². The number of aromatic carboxylic acids is 1. The predicted octanol–water partition coefficient (Wildman–Crippen LogP) is 7.30. The average molecular weight is 544 g/mol. The molecule has 1 heterocycles. The van der Waals surface area contributed by atoms with Gasteiger partial charge in [0.25, 0.3) is 5.91 Å². The van der Waals surface area contributed by atoms with Gasteiger partial charge in [-0.25, -0.2) is 4.79 Å². The summed E-state index contributed by atoms with van der Waals surface area (Å²) in [6, 6.07) is 29.3. The van der Waals surface area contributed by atoms with Gasteiger partial charge in [-0.3, -0.25) is 9.48 Å². The molecule has 6 heteroatoms. The summed E-state index contributed by atoms with van der Waals surface area (Å²) in [5, 5.41) is 18.7. The lowest BCUT2D eigenvalue weighted by Crippen LogP contribution is -2.34. The first-order valence-electron chi connectivity index (χ1n) is 14.1. The number of carboxylic acids is 1. The monoisotopic (exact) mass is 543 g/mol. The fourth-order valence-corrected chi connectivity index (χ4v) is 5.58. The fraction of sp³-hybridized carbons (Fsp3) is 0.229.